The summed E-state index contributed by atoms with van der Waals surface area (Å²) >= 11 is 0. The molecule has 0 atom stereocenters. The standard InChI is InChI=1S/C18H17F2NO4/c1-23-15-8-11(9-16(24-2)18(15)25-3)4-7-17(22)21-14-10-12(19)5-6-13(14)20/h4-10H,1-3H3,(H,21,22)/b7-4+. The first-order valence-electron chi connectivity index (χ1n) is 7.22. The zero-order valence-corrected chi connectivity index (χ0v) is 13.9. The molecule has 1 amide bonds. The van der Waals surface area contributed by atoms with E-state index in [4.69, 9.17) is 14.2 Å². The smallest absolute Gasteiger partial charge is 0.248 e. The second kappa shape index (κ2) is 8.14. The number of halogens is 2. The van der Waals surface area contributed by atoms with Gasteiger partial charge in [-0.15, -0.1) is 0 Å². The van der Waals surface area contributed by atoms with Crippen LogP contribution in [0.4, 0.5) is 14.5 Å². The quantitative estimate of drug-likeness (QED) is 0.809. The number of anilines is 1. The first-order valence-corrected chi connectivity index (χ1v) is 7.22. The number of rotatable bonds is 6. The van der Waals surface area contributed by atoms with E-state index in [-0.39, 0.29) is 5.69 Å². The molecule has 1 N–H and O–H groups in total. The molecule has 0 aliphatic carbocycles. The lowest BCUT2D eigenvalue weighted by Crippen LogP contribution is -2.09. The molecule has 0 saturated heterocycles. The molecule has 2 rings (SSSR count). The highest BCUT2D eigenvalue weighted by Gasteiger charge is 2.12. The molecule has 0 bridgehead atoms. The second-order valence-electron chi connectivity index (χ2n) is 4.91. The molecule has 2 aromatic carbocycles. The summed E-state index contributed by atoms with van der Waals surface area (Å²) in [6.07, 6.45) is 2.67. The third kappa shape index (κ3) is 4.47. The molecule has 25 heavy (non-hydrogen) atoms. The summed E-state index contributed by atoms with van der Waals surface area (Å²) in [5.41, 5.74) is 0.365. The van der Waals surface area contributed by atoms with E-state index in [2.05, 4.69) is 5.32 Å². The highest BCUT2D eigenvalue weighted by atomic mass is 19.1. The minimum atomic E-state index is -0.726. The minimum absolute atomic E-state index is 0.237. The van der Waals surface area contributed by atoms with Gasteiger partial charge in [0.15, 0.2) is 11.5 Å². The van der Waals surface area contributed by atoms with Gasteiger partial charge in [0.05, 0.1) is 27.0 Å². The zero-order chi connectivity index (χ0) is 18.4. The van der Waals surface area contributed by atoms with Gasteiger partial charge in [-0.05, 0) is 35.9 Å². The summed E-state index contributed by atoms with van der Waals surface area (Å²) in [6, 6.07) is 6.10. The van der Waals surface area contributed by atoms with Crippen LogP contribution in [0.3, 0.4) is 0 Å². The molecule has 7 heteroatoms. The van der Waals surface area contributed by atoms with Crippen LogP contribution in [0.2, 0.25) is 0 Å². The highest BCUT2D eigenvalue weighted by molar-refractivity contribution is 6.02. The fourth-order valence-electron chi connectivity index (χ4n) is 2.14. The van der Waals surface area contributed by atoms with Gasteiger partial charge < -0.3 is 19.5 Å². The van der Waals surface area contributed by atoms with Crippen molar-refractivity contribution in [1.29, 1.82) is 0 Å². The van der Waals surface area contributed by atoms with Gasteiger partial charge in [-0.3, -0.25) is 4.79 Å². The van der Waals surface area contributed by atoms with Gasteiger partial charge in [-0.2, -0.15) is 0 Å². The van der Waals surface area contributed by atoms with E-state index in [0.29, 0.717) is 22.8 Å². The minimum Gasteiger partial charge on any atom is -0.493 e. The van der Waals surface area contributed by atoms with Crippen molar-refractivity contribution in [3.05, 3.63) is 53.6 Å². The van der Waals surface area contributed by atoms with Crippen LogP contribution in [0, 0.1) is 11.6 Å². The maximum atomic E-state index is 13.5. The molecule has 0 aromatic heterocycles. The Hall–Kier alpha value is -3.09. The van der Waals surface area contributed by atoms with Crippen LogP contribution in [0.25, 0.3) is 6.08 Å². The van der Waals surface area contributed by atoms with Crippen LogP contribution in [0.1, 0.15) is 5.56 Å². The molecule has 0 fully saturated rings. The van der Waals surface area contributed by atoms with Crippen molar-refractivity contribution >= 4 is 17.7 Å². The van der Waals surface area contributed by atoms with Gasteiger partial charge in [0.2, 0.25) is 11.7 Å². The van der Waals surface area contributed by atoms with Crippen molar-refractivity contribution in [2.75, 3.05) is 26.6 Å². The second-order valence-corrected chi connectivity index (χ2v) is 4.91. The highest BCUT2D eigenvalue weighted by Crippen LogP contribution is 2.38. The van der Waals surface area contributed by atoms with Crippen molar-refractivity contribution < 1.29 is 27.8 Å². The van der Waals surface area contributed by atoms with Crippen LogP contribution >= 0.6 is 0 Å². The molecular weight excluding hydrogens is 332 g/mol. The number of amides is 1. The monoisotopic (exact) mass is 349 g/mol. The lowest BCUT2D eigenvalue weighted by Gasteiger charge is -2.12. The summed E-state index contributed by atoms with van der Waals surface area (Å²) in [7, 11) is 4.44. The van der Waals surface area contributed by atoms with Crippen molar-refractivity contribution in [1.82, 2.24) is 0 Å². The SMILES string of the molecule is COc1cc(/C=C/C(=O)Nc2cc(F)ccc2F)cc(OC)c1OC. The van der Waals surface area contributed by atoms with E-state index < -0.39 is 17.5 Å². The maximum Gasteiger partial charge on any atom is 0.248 e. The third-order valence-electron chi connectivity index (χ3n) is 3.30. The largest absolute Gasteiger partial charge is 0.493 e. The first kappa shape index (κ1) is 18.3. The predicted molar refractivity (Wildman–Crippen MR) is 90.1 cm³/mol. The van der Waals surface area contributed by atoms with E-state index in [1.54, 1.807) is 12.1 Å². The molecule has 0 aliphatic rings. The number of hydrogen-bond acceptors (Lipinski definition) is 4. The summed E-state index contributed by atoms with van der Waals surface area (Å²) in [5.74, 6) is -0.705. The van der Waals surface area contributed by atoms with Crippen LogP contribution in [-0.2, 0) is 4.79 Å². The predicted octanol–water partition coefficient (Wildman–Crippen LogP) is 3.64. The Kier molecular flexibility index (Phi) is 5.94. The fraction of sp³-hybridized carbons (Fsp3) is 0.167. The topological polar surface area (TPSA) is 56.8 Å². The number of hydrogen-bond donors (Lipinski definition) is 1. The normalized spacial score (nSPS) is 10.6. The number of methoxy groups -OCH3 is 3. The molecule has 2 aromatic rings. The summed E-state index contributed by atoms with van der Waals surface area (Å²) in [4.78, 5) is 11.9. The Morgan fingerprint density at radius 1 is 1.00 bits per heavy atom. The average molecular weight is 349 g/mol. The molecule has 132 valence electrons. The first-order chi connectivity index (χ1) is 12.0. The van der Waals surface area contributed by atoms with E-state index in [1.165, 1.54) is 33.5 Å². The Morgan fingerprint density at radius 2 is 1.64 bits per heavy atom. The van der Waals surface area contributed by atoms with Crippen molar-refractivity contribution in [3.63, 3.8) is 0 Å². The molecular formula is C18H17F2NO4. The van der Waals surface area contributed by atoms with Crippen LogP contribution < -0.4 is 19.5 Å². The Labute approximate surface area is 143 Å². The number of ether oxygens (including phenoxy) is 3. The van der Waals surface area contributed by atoms with Gasteiger partial charge in [-0.1, -0.05) is 0 Å². The number of carbonyl (C=O) groups excluding carboxylic acids is 1. The lowest BCUT2D eigenvalue weighted by atomic mass is 10.1. The van der Waals surface area contributed by atoms with Crippen molar-refractivity contribution in [2.24, 2.45) is 0 Å². The van der Waals surface area contributed by atoms with Gasteiger partial charge in [0, 0.05) is 12.1 Å². The molecule has 5 nitrogen and oxygen atoms in total. The van der Waals surface area contributed by atoms with Gasteiger partial charge in [0.1, 0.15) is 11.6 Å². The van der Waals surface area contributed by atoms with E-state index in [9.17, 15) is 13.6 Å². The van der Waals surface area contributed by atoms with E-state index in [1.807, 2.05) is 0 Å². The van der Waals surface area contributed by atoms with Gasteiger partial charge in [0.25, 0.3) is 0 Å². The summed E-state index contributed by atoms with van der Waals surface area (Å²) in [6.45, 7) is 0. The van der Waals surface area contributed by atoms with E-state index in [0.717, 1.165) is 18.2 Å². The summed E-state index contributed by atoms with van der Waals surface area (Å²) < 4.78 is 42.3. The van der Waals surface area contributed by atoms with E-state index >= 15 is 0 Å². The average Bonchev–Trinajstić information content (AvgIpc) is 2.61. The van der Waals surface area contributed by atoms with Crippen LogP contribution in [0.5, 0.6) is 17.2 Å². The van der Waals surface area contributed by atoms with Gasteiger partial charge in [-0.25, -0.2) is 8.78 Å². The molecule has 0 aliphatic heterocycles. The zero-order valence-electron chi connectivity index (χ0n) is 13.9. The van der Waals surface area contributed by atoms with Gasteiger partial charge >= 0.3 is 0 Å². The molecule has 0 spiro atoms. The Balaban J connectivity index is 2.20. The Bertz CT molecular complexity index is 781. The number of nitrogens with one attached hydrogen (secondary N) is 1. The van der Waals surface area contributed by atoms with Crippen LogP contribution in [0.15, 0.2) is 36.4 Å². The third-order valence-corrected chi connectivity index (χ3v) is 3.30. The Morgan fingerprint density at radius 3 is 2.20 bits per heavy atom. The summed E-state index contributed by atoms with van der Waals surface area (Å²) in [5, 5.41) is 2.27. The molecule has 0 unspecified atom stereocenters. The number of carbonyl (C=O) groups is 1. The fourth-order valence-corrected chi connectivity index (χ4v) is 2.14. The maximum absolute atomic E-state index is 13.5. The lowest BCUT2D eigenvalue weighted by molar-refractivity contribution is -0.111. The molecule has 0 heterocycles. The van der Waals surface area contributed by atoms with Crippen LogP contribution in [-0.4, -0.2) is 27.2 Å². The molecule has 0 radical (unpaired) electrons. The van der Waals surface area contributed by atoms with Crippen molar-refractivity contribution in [3.8, 4) is 17.2 Å². The molecule has 0 saturated carbocycles. The van der Waals surface area contributed by atoms with Crippen molar-refractivity contribution in [2.45, 2.75) is 0 Å². The number of benzene rings is 2.